The van der Waals surface area contributed by atoms with Crippen LogP contribution in [0.5, 0.6) is 5.75 Å². The monoisotopic (exact) mass is 320 g/mol. The second kappa shape index (κ2) is 7.47. The summed E-state index contributed by atoms with van der Waals surface area (Å²) in [5.74, 6) is 0.460. The number of carbonyl (C=O) groups excluding carboxylic acids is 1. The van der Waals surface area contributed by atoms with Crippen molar-refractivity contribution in [3.8, 4) is 11.8 Å². The highest BCUT2D eigenvalue weighted by Gasteiger charge is 2.18. The molecule has 0 saturated carbocycles. The molecule has 0 atom stereocenters. The maximum Gasteiger partial charge on any atom is 0.205 e. The van der Waals surface area contributed by atoms with Crippen molar-refractivity contribution in [2.45, 2.75) is 20.4 Å². The number of aryl methyl sites for hydroxylation is 1. The van der Waals surface area contributed by atoms with Crippen molar-refractivity contribution in [2.75, 3.05) is 7.11 Å². The molecule has 4 nitrogen and oxygen atoms in total. The van der Waals surface area contributed by atoms with Crippen LogP contribution in [0.4, 0.5) is 0 Å². The molecule has 2 aromatic rings. The lowest BCUT2D eigenvalue weighted by Crippen LogP contribution is -2.05. The van der Waals surface area contributed by atoms with Crippen molar-refractivity contribution < 1.29 is 9.53 Å². The Morgan fingerprint density at radius 1 is 1.33 bits per heavy atom. The van der Waals surface area contributed by atoms with E-state index >= 15 is 0 Å². The first-order chi connectivity index (χ1) is 11.5. The molecule has 0 spiro atoms. The fraction of sp³-hybridized carbons (Fsp3) is 0.200. The third-order valence-electron chi connectivity index (χ3n) is 3.92. The Kier molecular flexibility index (Phi) is 5.39. The Hall–Kier alpha value is -3.06. The molecule has 0 radical (unpaired) electrons. The highest BCUT2D eigenvalue weighted by atomic mass is 16.5. The molecule has 0 bridgehead atoms. The van der Waals surface area contributed by atoms with Gasteiger partial charge in [0.1, 0.15) is 17.4 Å². The quantitative estimate of drug-likeness (QED) is 0.349. The van der Waals surface area contributed by atoms with Gasteiger partial charge in [0.15, 0.2) is 0 Å². The third kappa shape index (κ3) is 3.47. The van der Waals surface area contributed by atoms with Gasteiger partial charge in [-0.05, 0) is 43.7 Å². The molecule has 1 heterocycles. The number of ketones is 1. The Bertz CT molecular complexity index is 834. The Morgan fingerprint density at radius 2 is 2.00 bits per heavy atom. The Balaban J connectivity index is 2.38. The van der Waals surface area contributed by atoms with Crippen molar-refractivity contribution in [3.05, 3.63) is 71.1 Å². The van der Waals surface area contributed by atoms with Gasteiger partial charge in [0.25, 0.3) is 0 Å². The fourth-order valence-corrected chi connectivity index (χ4v) is 2.60. The van der Waals surface area contributed by atoms with Crippen LogP contribution in [-0.4, -0.2) is 17.5 Å². The van der Waals surface area contributed by atoms with E-state index in [0.29, 0.717) is 12.1 Å². The lowest BCUT2D eigenvalue weighted by atomic mass is 10.0. The van der Waals surface area contributed by atoms with Crippen molar-refractivity contribution in [1.82, 2.24) is 4.57 Å². The summed E-state index contributed by atoms with van der Waals surface area (Å²) in [5, 5.41) is 9.40. The van der Waals surface area contributed by atoms with Gasteiger partial charge in [-0.1, -0.05) is 18.2 Å². The number of allylic oxidation sites excluding steroid dienone is 2. The number of ether oxygens (including phenoxy) is 1. The van der Waals surface area contributed by atoms with Crippen LogP contribution in [0, 0.1) is 25.2 Å². The summed E-state index contributed by atoms with van der Waals surface area (Å²) in [7, 11) is 1.59. The summed E-state index contributed by atoms with van der Waals surface area (Å²) in [5.41, 5.74) is 3.25. The Labute approximate surface area is 142 Å². The molecule has 0 aliphatic carbocycles. The molecule has 1 aromatic carbocycles. The minimum atomic E-state index is -0.267. The van der Waals surface area contributed by atoms with Crippen LogP contribution in [0.1, 0.15) is 27.3 Å². The average molecular weight is 320 g/mol. The van der Waals surface area contributed by atoms with E-state index in [4.69, 9.17) is 4.74 Å². The number of aromatic nitrogens is 1. The molecule has 0 saturated heterocycles. The number of methoxy groups -OCH3 is 1. The van der Waals surface area contributed by atoms with Gasteiger partial charge < -0.3 is 9.30 Å². The van der Waals surface area contributed by atoms with Gasteiger partial charge in [-0.15, -0.1) is 6.58 Å². The van der Waals surface area contributed by atoms with Crippen molar-refractivity contribution >= 4 is 11.9 Å². The number of carbonyl (C=O) groups is 1. The van der Waals surface area contributed by atoms with Crippen LogP contribution >= 0.6 is 0 Å². The normalized spacial score (nSPS) is 11.0. The molecular weight excluding hydrogens is 300 g/mol. The molecule has 0 unspecified atom stereocenters. The lowest BCUT2D eigenvalue weighted by molar-refractivity contribution is 0.103. The summed E-state index contributed by atoms with van der Waals surface area (Å²) < 4.78 is 7.11. The molecule has 0 fully saturated rings. The zero-order valence-electron chi connectivity index (χ0n) is 14.2. The van der Waals surface area contributed by atoms with E-state index in [1.165, 1.54) is 0 Å². The molecule has 4 heteroatoms. The molecular formula is C20H20N2O2. The van der Waals surface area contributed by atoms with Crippen molar-refractivity contribution in [3.63, 3.8) is 0 Å². The van der Waals surface area contributed by atoms with Crippen LogP contribution in [0.3, 0.4) is 0 Å². The first-order valence-corrected chi connectivity index (χ1v) is 7.60. The maximum absolute atomic E-state index is 12.7. The highest BCUT2D eigenvalue weighted by molar-refractivity contribution is 6.14. The molecule has 0 aliphatic rings. The van der Waals surface area contributed by atoms with E-state index in [-0.39, 0.29) is 11.4 Å². The Morgan fingerprint density at radius 3 is 2.54 bits per heavy atom. The largest absolute Gasteiger partial charge is 0.497 e. The molecule has 0 amide bonds. The van der Waals surface area contributed by atoms with Crippen LogP contribution in [0.25, 0.3) is 6.08 Å². The second-order valence-corrected chi connectivity index (χ2v) is 5.46. The number of benzene rings is 1. The molecule has 122 valence electrons. The summed E-state index contributed by atoms with van der Waals surface area (Å²) in [4.78, 5) is 12.7. The molecule has 24 heavy (non-hydrogen) atoms. The van der Waals surface area contributed by atoms with Crippen LogP contribution < -0.4 is 4.74 Å². The van der Waals surface area contributed by atoms with Gasteiger partial charge in [-0.2, -0.15) is 5.26 Å². The topological polar surface area (TPSA) is 55.0 Å². The number of rotatable bonds is 6. The van der Waals surface area contributed by atoms with Crippen LogP contribution in [0.15, 0.2) is 48.6 Å². The summed E-state index contributed by atoms with van der Waals surface area (Å²) in [6.07, 6.45) is 3.38. The minimum Gasteiger partial charge on any atom is -0.497 e. The van der Waals surface area contributed by atoms with Crippen molar-refractivity contribution in [2.24, 2.45) is 0 Å². The van der Waals surface area contributed by atoms with Crippen molar-refractivity contribution in [1.29, 1.82) is 5.26 Å². The van der Waals surface area contributed by atoms with Gasteiger partial charge in [0.05, 0.1) is 7.11 Å². The van der Waals surface area contributed by atoms with E-state index in [2.05, 4.69) is 6.58 Å². The third-order valence-corrected chi connectivity index (χ3v) is 3.92. The van der Waals surface area contributed by atoms with E-state index in [9.17, 15) is 10.1 Å². The van der Waals surface area contributed by atoms with Crippen LogP contribution in [-0.2, 0) is 6.54 Å². The maximum atomic E-state index is 12.7. The summed E-state index contributed by atoms with van der Waals surface area (Å²) >= 11 is 0. The van der Waals surface area contributed by atoms with Crippen LogP contribution in [0.2, 0.25) is 0 Å². The number of hydrogen-bond donors (Lipinski definition) is 0. The lowest BCUT2D eigenvalue weighted by Gasteiger charge is -2.06. The number of nitrogens with zero attached hydrogens (tertiary/aromatic N) is 2. The van der Waals surface area contributed by atoms with Gasteiger partial charge in [-0.3, -0.25) is 4.79 Å². The number of Topliss-reactive ketones (excluding diaryl/α,β-unsaturated/α-hetero) is 1. The summed E-state index contributed by atoms with van der Waals surface area (Å²) in [6.45, 7) is 8.19. The molecule has 0 N–H and O–H groups in total. The van der Waals surface area contributed by atoms with Gasteiger partial charge in [-0.25, -0.2) is 0 Å². The van der Waals surface area contributed by atoms with E-state index in [0.717, 1.165) is 22.7 Å². The average Bonchev–Trinajstić information content (AvgIpc) is 2.88. The smallest absolute Gasteiger partial charge is 0.205 e. The second-order valence-electron chi connectivity index (χ2n) is 5.46. The minimum absolute atomic E-state index is 0.110. The zero-order chi connectivity index (χ0) is 17.7. The van der Waals surface area contributed by atoms with Gasteiger partial charge in [0, 0.05) is 23.5 Å². The summed E-state index contributed by atoms with van der Waals surface area (Å²) in [6, 6.07) is 11.0. The van der Waals surface area contributed by atoms with E-state index in [1.54, 1.807) is 31.4 Å². The fourth-order valence-electron chi connectivity index (χ4n) is 2.60. The predicted octanol–water partition coefficient (Wildman–Crippen LogP) is 4.09. The SMILES string of the molecule is C=CCn1c(C)cc(C(=O)/C(C#N)=C/c2ccc(OC)cc2)c1C. The zero-order valence-corrected chi connectivity index (χ0v) is 14.2. The number of nitriles is 1. The molecule has 1 aromatic heterocycles. The first kappa shape index (κ1) is 17.3. The van der Waals surface area contributed by atoms with Gasteiger partial charge in [0.2, 0.25) is 5.78 Å². The first-order valence-electron chi connectivity index (χ1n) is 7.60. The van der Waals surface area contributed by atoms with E-state index < -0.39 is 0 Å². The number of hydrogen-bond acceptors (Lipinski definition) is 3. The molecule has 2 rings (SSSR count). The highest BCUT2D eigenvalue weighted by Crippen LogP contribution is 2.21. The molecule has 0 aliphatic heterocycles. The predicted molar refractivity (Wildman–Crippen MR) is 95.0 cm³/mol. The van der Waals surface area contributed by atoms with Gasteiger partial charge >= 0.3 is 0 Å². The standard InChI is InChI=1S/C20H20N2O2/c1-5-10-22-14(2)11-19(15(22)3)20(23)17(13-21)12-16-6-8-18(24-4)9-7-16/h5-9,11-12H,1,10H2,2-4H3/b17-12+. The van der Waals surface area contributed by atoms with E-state index in [1.807, 2.05) is 42.7 Å².